The molecule has 0 aromatic carbocycles. The summed E-state index contributed by atoms with van der Waals surface area (Å²) < 4.78 is 21.5. The van der Waals surface area contributed by atoms with Gasteiger partial charge >= 0.3 is 0 Å². The van der Waals surface area contributed by atoms with Crippen molar-refractivity contribution < 1.29 is 8.42 Å². The molecule has 0 aliphatic rings. The molecule has 0 saturated carbocycles. The summed E-state index contributed by atoms with van der Waals surface area (Å²) in [6.45, 7) is 3.54. The normalized spacial score (nSPS) is 11.2. The van der Waals surface area contributed by atoms with Crippen molar-refractivity contribution in [2.24, 2.45) is 5.14 Å². The fourth-order valence-electron chi connectivity index (χ4n) is 1.41. The van der Waals surface area contributed by atoms with Gasteiger partial charge in [-0.15, -0.1) is 0 Å². The fourth-order valence-corrected chi connectivity index (χ4v) is 1.96. The molecule has 0 bridgehead atoms. The van der Waals surface area contributed by atoms with Gasteiger partial charge in [-0.1, -0.05) is 6.92 Å². The standard InChI is InChI=1S/C11H20N4O2S/c1-2-4-14-10-7-11(9-13-8-10)15-5-3-6-18(12,16)17/h7-9,14-15H,2-6H2,1H3,(H2,12,16,17). The number of anilines is 2. The second kappa shape index (κ2) is 7.17. The number of rotatable bonds is 8. The molecular weight excluding hydrogens is 252 g/mol. The van der Waals surface area contributed by atoms with Gasteiger partial charge in [-0.25, -0.2) is 13.6 Å². The van der Waals surface area contributed by atoms with Crippen molar-refractivity contribution in [2.45, 2.75) is 19.8 Å². The summed E-state index contributed by atoms with van der Waals surface area (Å²) in [5.74, 6) is -0.0127. The molecule has 102 valence electrons. The summed E-state index contributed by atoms with van der Waals surface area (Å²) in [6.07, 6.45) is 4.98. The molecule has 7 heteroatoms. The lowest BCUT2D eigenvalue weighted by Gasteiger charge is -2.08. The highest BCUT2D eigenvalue weighted by Gasteiger charge is 2.01. The molecule has 1 heterocycles. The largest absolute Gasteiger partial charge is 0.384 e. The molecule has 0 spiro atoms. The van der Waals surface area contributed by atoms with Crippen LogP contribution in [0.15, 0.2) is 18.5 Å². The Labute approximate surface area is 108 Å². The van der Waals surface area contributed by atoms with Crippen molar-refractivity contribution >= 4 is 21.4 Å². The molecule has 0 amide bonds. The average molecular weight is 272 g/mol. The maximum Gasteiger partial charge on any atom is 0.209 e. The Morgan fingerprint density at radius 3 is 2.39 bits per heavy atom. The van der Waals surface area contributed by atoms with Crippen LogP contribution < -0.4 is 15.8 Å². The minimum Gasteiger partial charge on any atom is -0.384 e. The van der Waals surface area contributed by atoms with Gasteiger partial charge in [0.15, 0.2) is 0 Å². The molecular formula is C11H20N4O2S. The molecule has 4 N–H and O–H groups in total. The monoisotopic (exact) mass is 272 g/mol. The van der Waals surface area contributed by atoms with E-state index < -0.39 is 10.0 Å². The molecule has 0 aliphatic carbocycles. The Bertz CT molecular complexity index is 462. The maximum atomic E-state index is 10.7. The highest BCUT2D eigenvalue weighted by Crippen LogP contribution is 2.12. The first-order valence-electron chi connectivity index (χ1n) is 5.94. The summed E-state index contributed by atoms with van der Waals surface area (Å²) in [4.78, 5) is 4.10. The number of pyridine rings is 1. The van der Waals surface area contributed by atoms with Crippen molar-refractivity contribution in [3.8, 4) is 0 Å². The first-order valence-corrected chi connectivity index (χ1v) is 7.66. The van der Waals surface area contributed by atoms with E-state index in [-0.39, 0.29) is 5.75 Å². The predicted molar refractivity (Wildman–Crippen MR) is 74.1 cm³/mol. The molecule has 0 unspecified atom stereocenters. The third-order valence-electron chi connectivity index (χ3n) is 2.25. The van der Waals surface area contributed by atoms with Crippen LogP contribution in [0.1, 0.15) is 19.8 Å². The number of nitrogens with two attached hydrogens (primary N) is 1. The summed E-state index contributed by atoms with van der Waals surface area (Å²) in [6, 6.07) is 1.94. The zero-order chi connectivity index (χ0) is 13.4. The van der Waals surface area contributed by atoms with Gasteiger partial charge in [0.1, 0.15) is 0 Å². The molecule has 18 heavy (non-hydrogen) atoms. The predicted octanol–water partition coefficient (Wildman–Crippen LogP) is 0.994. The number of sulfonamides is 1. The van der Waals surface area contributed by atoms with Crippen molar-refractivity contribution in [3.63, 3.8) is 0 Å². The second-order valence-corrected chi connectivity index (χ2v) is 5.77. The summed E-state index contributed by atoms with van der Waals surface area (Å²) >= 11 is 0. The Morgan fingerprint density at radius 2 is 1.83 bits per heavy atom. The minimum atomic E-state index is -3.37. The van der Waals surface area contributed by atoms with E-state index in [9.17, 15) is 8.42 Å². The topological polar surface area (TPSA) is 97.1 Å². The Hall–Kier alpha value is -1.34. The quantitative estimate of drug-likeness (QED) is 0.613. The Balaban J connectivity index is 2.38. The van der Waals surface area contributed by atoms with Gasteiger partial charge in [0.25, 0.3) is 0 Å². The molecule has 0 atom stereocenters. The Kier molecular flexibility index (Phi) is 5.87. The minimum absolute atomic E-state index is 0.0127. The van der Waals surface area contributed by atoms with E-state index in [1.165, 1.54) is 0 Å². The van der Waals surface area contributed by atoms with E-state index in [1.807, 2.05) is 6.07 Å². The third kappa shape index (κ3) is 6.41. The summed E-state index contributed by atoms with van der Waals surface area (Å²) in [5, 5.41) is 11.3. The lowest BCUT2D eigenvalue weighted by molar-refractivity contribution is 0.596. The molecule has 1 aromatic rings. The zero-order valence-electron chi connectivity index (χ0n) is 10.5. The van der Waals surface area contributed by atoms with Crippen molar-refractivity contribution in [3.05, 3.63) is 18.5 Å². The smallest absolute Gasteiger partial charge is 0.209 e. The second-order valence-electron chi connectivity index (χ2n) is 4.04. The van der Waals surface area contributed by atoms with E-state index >= 15 is 0 Å². The highest BCUT2D eigenvalue weighted by molar-refractivity contribution is 7.89. The van der Waals surface area contributed by atoms with E-state index in [1.54, 1.807) is 12.4 Å². The summed E-state index contributed by atoms with van der Waals surface area (Å²) in [5.41, 5.74) is 1.82. The number of nitrogens with one attached hydrogen (secondary N) is 2. The van der Waals surface area contributed by atoms with Crippen LogP contribution in [0, 0.1) is 0 Å². The van der Waals surface area contributed by atoms with Crippen LogP contribution in [0.5, 0.6) is 0 Å². The van der Waals surface area contributed by atoms with Crippen LogP contribution in [0.2, 0.25) is 0 Å². The van der Waals surface area contributed by atoms with Crippen molar-refractivity contribution in [1.29, 1.82) is 0 Å². The number of aromatic nitrogens is 1. The molecule has 1 aromatic heterocycles. The first-order chi connectivity index (χ1) is 8.51. The van der Waals surface area contributed by atoms with Crippen LogP contribution in [0.4, 0.5) is 11.4 Å². The van der Waals surface area contributed by atoms with Gasteiger partial charge in [0, 0.05) is 13.1 Å². The van der Waals surface area contributed by atoms with E-state index in [4.69, 9.17) is 5.14 Å². The van der Waals surface area contributed by atoms with Gasteiger partial charge in [-0.05, 0) is 18.9 Å². The SMILES string of the molecule is CCCNc1cncc(NCCCS(N)(=O)=O)c1. The van der Waals surface area contributed by atoms with Crippen molar-refractivity contribution in [2.75, 3.05) is 29.5 Å². The van der Waals surface area contributed by atoms with E-state index in [0.717, 1.165) is 24.3 Å². The molecule has 0 saturated heterocycles. The highest BCUT2D eigenvalue weighted by atomic mass is 32.2. The summed E-state index contributed by atoms with van der Waals surface area (Å²) in [7, 11) is -3.37. The number of nitrogens with zero attached hydrogens (tertiary/aromatic N) is 1. The fraction of sp³-hybridized carbons (Fsp3) is 0.545. The van der Waals surface area contributed by atoms with Crippen LogP contribution in [-0.4, -0.2) is 32.2 Å². The van der Waals surface area contributed by atoms with Gasteiger partial charge in [0.05, 0.1) is 29.5 Å². The average Bonchev–Trinajstić information content (AvgIpc) is 2.31. The van der Waals surface area contributed by atoms with Crippen LogP contribution in [0.3, 0.4) is 0 Å². The number of hydrogen-bond donors (Lipinski definition) is 3. The molecule has 0 fully saturated rings. The molecule has 6 nitrogen and oxygen atoms in total. The first kappa shape index (κ1) is 14.7. The van der Waals surface area contributed by atoms with Crippen molar-refractivity contribution in [1.82, 2.24) is 4.98 Å². The van der Waals surface area contributed by atoms with E-state index in [2.05, 4.69) is 22.5 Å². The molecule has 0 radical (unpaired) electrons. The number of primary sulfonamides is 1. The van der Waals surface area contributed by atoms with Gasteiger partial charge in [-0.3, -0.25) is 4.98 Å². The lowest BCUT2D eigenvalue weighted by Crippen LogP contribution is -2.18. The van der Waals surface area contributed by atoms with Gasteiger partial charge < -0.3 is 10.6 Å². The molecule has 0 aliphatic heterocycles. The lowest BCUT2D eigenvalue weighted by atomic mass is 10.3. The zero-order valence-corrected chi connectivity index (χ0v) is 11.3. The Morgan fingerprint density at radius 1 is 1.22 bits per heavy atom. The molecule has 1 rings (SSSR count). The van der Waals surface area contributed by atoms with Crippen LogP contribution in [0.25, 0.3) is 0 Å². The van der Waals surface area contributed by atoms with Crippen LogP contribution in [-0.2, 0) is 10.0 Å². The third-order valence-corrected chi connectivity index (χ3v) is 3.11. The maximum absolute atomic E-state index is 10.7. The van der Waals surface area contributed by atoms with Crippen LogP contribution >= 0.6 is 0 Å². The van der Waals surface area contributed by atoms with E-state index in [0.29, 0.717) is 13.0 Å². The van der Waals surface area contributed by atoms with Gasteiger partial charge in [-0.2, -0.15) is 0 Å². The van der Waals surface area contributed by atoms with Gasteiger partial charge in [0.2, 0.25) is 10.0 Å². The number of hydrogen-bond acceptors (Lipinski definition) is 5.